The first-order valence-electron chi connectivity index (χ1n) is 11.2. The maximum absolute atomic E-state index is 5.82. The second kappa shape index (κ2) is 7.89. The maximum atomic E-state index is 5.82. The molecule has 0 atom stereocenters. The number of hydrogen-bond acceptors (Lipinski definition) is 4. The van der Waals surface area contributed by atoms with E-state index in [0.29, 0.717) is 0 Å². The summed E-state index contributed by atoms with van der Waals surface area (Å²) in [5, 5.41) is 6.27. The first-order valence-corrected chi connectivity index (χ1v) is 11.2. The Morgan fingerprint density at radius 1 is 0.824 bits per heavy atom. The molecular formula is C29H23N3O2. The molecule has 3 aromatic carbocycles. The maximum Gasteiger partial charge on any atom is 0.141 e. The van der Waals surface area contributed by atoms with Gasteiger partial charge in [-0.3, -0.25) is 4.98 Å². The number of aryl methyl sites for hydroxylation is 2. The first-order chi connectivity index (χ1) is 16.6. The van der Waals surface area contributed by atoms with Gasteiger partial charge >= 0.3 is 0 Å². The van der Waals surface area contributed by atoms with Gasteiger partial charge in [-0.2, -0.15) is 0 Å². The number of nitrogens with one attached hydrogen (secondary N) is 1. The molecule has 0 aliphatic heterocycles. The molecule has 3 aromatic heterocycles. The van der Waals surface area contributed by atoms with Gasteiger partial charge in [-0.25, -0.2) is 0 Å². The summed E-state index contributed by atoms with van der Waals surface area (Å²) in [4.78, 5) is 8.38. The van der Waals surface area contributed by atoms with Gasteiger partial charge < -0.3 is 14.2 Å². The minimum atomic E-state index is 0.770. The standard InChI is InChI=1S/C29H23N3O2/c1-17-27(18(2)34-32-17)23-15-25-22(16-26(23)33-3)28-24(31-25)12-13-30-29(28)21-11-7-10-20(14-21)19-8-5-4-6-9-19/h4-16,31H,1-3H3. The van der Waals surface area contributed by atoms with Crippen LogP contribution in [0.5, 0.6) is 5.75 Å². The highest BCUT2D eigenvalue weighted by atomic mass is 16.5. The largest absolute Gasteiger partial charge is 0.496 e. The molecule has 5 heteroatoms. The highest BCUT2D eigenvalue weighted by molar-refractivity contribution is 6.14. The minimum absolute atomic E-state index is 0.770. The number of nitrogens with zero attached hydrogens (tertiary/aromatic N) is 2. The summed E-state index contributed by atoms with van der Waals surface area (Å²) in [6.07, 6.45) is 1.86. The molecule has 166 valence electrons. The number of methoxy groups -OCH3 is 1. The van der Waals surface area contributed by atoms with E-state index < -0.39 is 0 Å². The molecule has 0 aliphatic carbocycles. The summed E-state index contributed by atoms with van der Waals surface area (Å²) in [5.41, 5.74) is 9.16. The van der Waals surface area contributed by atoms with Gasteiger partial charge in [-0.05, 0) is 49.2 Å². The average Bonchev–Trinajstić information content (AvgIpc) is 3.41. The van der Waals surface area contributed by atoms with E-state index >= 15 is 0 Å². The molecule has 3 heterocycles. The zero-order chi connectivity index (χ0) is 23.2. The second-order valence-electron chi connectivity index (χ2n) is 8.45. The summed E-state index contributed by atoms with van der Waals surface area (Å²) >= 11 is 0. The predicted octanol–water partition coefficient (Wildman–Crippen LogP) is 7.33. The van der Waals surface area contributed by atoms with Crippen LogP contribution in [-0.4, -0.2) is 22.2 Å². The quantitative estimate of drug-likeness (QED) is 0.308. The fourth-order valence-corrected chi connectivity index (χ4v) is 4.80. The van der Waals surface area contributed by atoms with E-state index in [4.69, 9.17) is 14.2 Å². The van der Waals surface area contributed by atoms with Crippen molar-refractivity contribution in [1.29, 1.82) is 0 Å². The van der Waals surface area contributed by atoms with E-state index in [1.54, 1.807) is 7.11 Å². The van der Waals surface area contributed by atoms with Gasteiger partial charge in [0.15, 0.2) is 0 Å². The van der Waals surface area contributed by atoms with Crippen LogP contribution in [0.4, 0.5) is 0 Å². The normalized spacial score (nSPS) is 11.4. The van der Waals surface area contributed by atoms with Crippen molar-refractivity contribution in [3.63, 3.8) is 0 Å². The van der Waals surface area contributed by atoms with E-state index in [2.05, 4.69) is 70.8 Å². The molecule has 5 nitrogen and oxygen atoms in total. The Kier molecular flexibility index (Phi) is 4.69. The first kappa shape index (κ1) is 20.2. The van der Waals surface area contributed by atoms with E-state index in [0.717, 1.165) is 67.0 Å². The summed E-state index contributed by atoms with van der Waals surface area (Å²) in [6, 6.07) is 25.1. The summed E-state index contributed by atoms with van der Waals surface area (Å²) in [5.74, 6) is 1.54. The third-order valence-corrected chi connectivity index (χ3v) is 6.38. The molecule has 0 aliphatic rings. The molecular weight excluding hydrogens is 422 g/mol. The molecule has 0 bridgehead atoms. The molecule has 0 saturated heterocycles. The summed E-state index contributed by atoms with van der Waals surface area (Å²) < 4.78 is 11.2. The Morgan fingerprint density at radius 3 is 2.38 bits per heavy atom. The molecule has 34 heavy (non-hydrogen) atoms. The molecule has 0 unspecified atom stereocenters. The van der Waals surface area contributed by atoms with Crippen LogP contribution in [-0.2, 0) is 0 Å². The van der Waals surface area contributed by atoms with Crippen LogP contribution in [0.15, 0.2) is 83.5 Å². The number of rotatable bonds is 4. The number of benzene rings is 3. The lowest BCUT2D eigenvalue weighted by molar-refractivity contribution is 0.393. The van der Waals surface area contributed by atoms with Crippen molar-refractivity contribution in [2.75, 3.05) is 7.11 Å². The smallest absolute Gasteiger partial charge is 0.141 e. The van der Waals surface area contributed by atoms with Crippen LogP contribution in [0.2, 0.25) is 0 Å². The zero-order valence-corrected chi connectivity index (χ0v) is 19.2. The fraction of sp³-hybridized carbons (Fsp3) is 0.103. The molecule has 0 spiro atoms. The summed E-state index contributed by atoms with van der Waals surface area (Å²) in [7, 11) is 1.69. The lowest BCUT2D eigenvalue weighted by Crippen LogP contribution is -1.90. The van der Waals surface area contributed by atoms with Crippen LogP contribution in [0.3, 0.4) is 0 Å². The lowest BCUT2D eigenvalue weighted by Gasteiger charge is -2.10. The Bertz CT molecular complexity index is 1640. The number of fused-ring (bicyclic) bond motifs is 3. The van der Waals surface area contributed by atoms with Crippen molar-refractivity contribution in [2.24, 2.45) is 0 Å². The highest BCUT2D eigenvalue weighted by Crippen LogP contribution is 2.41. The Hall–Kier alpha value is -4.38. The predicted molar refractivity (Wildman–Crippen MR) is 136 cm³/mol. The minimum Gasteiger partial charge on any atom is -0.496 e. The van der Waals surface area contributed by atoms with Crippen molar-refractivity contribution in [1.82, 2.24) is 15.1 Å². The molecule has 6 aromatic rings. The van der Waals surface area contributed by atoms with Crippen LogP contribution < -0.4 is 4.74 Å². The Morgan fingerprint density at radius 2 is 1.62 bits per heavy atom. The van der Waals surface area contributed by atoms with Gasteiger partial charge in [-0.1, -0.05) is 53.7 Å². The number of ether oxygens (including phenoxy) is 1. The van der Waals surface area contributed by atoms with Crippen molar-refractivity contribution in [3.8, 4) is 39.3 Å². The topological polar surface area (TPSA) is 63.9 Å². The molecule has 1 N–H and O–H groups in total. The molecule has 0 amide bonds. The van der Waals surface area contributed by atoms with Crippen LogP contribution in [0.25, 0.3) is 55.3 Å². The number of aromatic nitrogens is 3. The van der Waals surface area contributed by atoms with Crippen molar-refractivity contribution >= 4 is 21.8 Å². The number of aromatic amines is 1. The lowest BCUT2D eigenvalue weighted by atomic mass is 9.98. The third kappa shape index (κ3) is 3.17. The van der Waals surface area contributed by atoms with Crippen LogP contribution in [0.1, 0.15) is 11.5 Å². The van der Waals surface area contributed by atoms with Crippen LogP contribution >= 0.6 is 0 Å². The SMILES string of the molecule is COc1cc2c(cc1-c1c(C)noc1C)[nH]c1ccnc(-c3cccc(-c4ccccc4)c3)c12. The van der Waals surface area contributed by atoms with E-state index in [1.165, 1.54) is 5.56 Å². The fourth-order valence-electron chi connectivity index (χ4n) is 4.80. The summed E-state index contributed by atoms with van der Waals surface area (Å²) in [6.45, 7) is 3.87. The van der Waals surface area contributed by atoms with Gasteiger partial charge in [0.2, 0.25) is 0 Å². The molecule has 0 fully saturated rings. The van der Waals surface area contributed by atoms with Crippen molar-refractivity contribution < 1.29 is 9.26 Å². The number of hydrogen-bond donors (Lipinski definition) is 1. The van der Waals surface area contributed by atoms with Gasteiger partial charge in [0.1, 0.15) is 11.5 Å². The number of H-pyrrole nitrogens is 1. The molecule has 0 saturated carbocycles. The highest BCUT2D eigenvalue weighted by Gasteiger charge is 2.20. The monoisotopic (exact) mass is 445 g/mol. The average molecular weight is 446 g/mol. The Balaban J connectivity index is 1.59. The zero-order valence-electron chi connectivity index (χ0n) is 19.2. The van der Waals surface area contributed by atoms with E-state index in [-0.39, 0.29) is 0 Å². The van der Waals surface area contributed by atoms with E-state index in [9.17, 15) is 0 Å². The molecule has 6 rings (SSSR count). The van der Waals surface area contributed by atoms with E-state index in [1.807, 2.05) is 32.2 Å². The van der Waals surface area contributed by atoms with Gasteiger partial charge in [0.05, 0.1) is 29.6 Å². The van der Waals surface area contributed by atoms with Gasteiger partial charge in [0.25, 0.3) is 0 Å². The van der Waals surface area contributed by atoms with Gasteiger partial charge in [-0.15, -0.1) is 0 Å². The van der Waals surface area contributed by atoms with Crippen LogP contribution in [0, 0.1) is 13.8 Å². The van der Waals surface area contributed by atoms with Crippen molar-refractivity contribution in [3.05, 3.63) is 90.4 Å². The molecule has 0 radical (unpaired) electrons. The second-order valence-corrected chi connectivity index (χ2v) is 8.45. The Labute approximate surface area is 197 Å². The van der Waals surface area contributed by atoms with Gasteiger partial charge in [0, 0.05) is 33.6 Å². The van der Waals surface area contributed by atoms with Crippen molar-refractivity contribution in [2.45, 2.75) is 13.8 Å². The third-order valence-electron chi connectivity index (χ3n) is 6.38. The number of pyridine rings is 1.